The molecule has 0 saturated heterocycles. The van der Waals surface area contributed by atoms with E-state index in [0.717, 1.165) is 31.6 Å². The second-order valence-corrected chi connectivity index (χ2v) is 6.29. The summed E-state index contributed by atoms with van der Waals surface area (Å²) >= 11 is 5.98. The van der Waals surface area contributed by atoms with Crippen LogP contribution in [0.1, 0.15) is 44.6 Å². The van der Waals surface area contributed by atoms with Crippen LogP contribution >= 0.6 is 11.6 Å². The Morgan fingerprint density at radius 3 is 2.70 bits per heavy atom. The van der Waals surface area contributed by atoms with E-state index in [1.54, 1.807) is 12.1 Å². The molecule has 1 aliphatic carbocycles. The lowest BCUT2D eigenvalue weighted by atomic mass is 9.78. The van der Waals surface area contributed by atoms with Crippen molar-refractivity contribution in [1.29, 1.82) is 0 Å². The Kier molecular flexibility index (Phi) is 5.42. The second kappa shape index (κ2) is 6.88. The molecule has 1 aromatic carbocycles. The minimum atomic E-state index is -0.649. The third kappa shape index (κ3) is 3.94. The van der Waals surface area contributed by atoms with Crippen molar-refractivity contribution in [2.24, 2.45) is 5.92 Å². The molecule has 0 amide bonds. The average Bonchev–Trinajstić information content (AvgIpc) is 2.43. The van der Waals surface area contributed by atoms with Crippen LogP contribution < -0.4 is 5.32 Å². The fourth-order valence-corrected chi connectivity index (χ4v) is 3.15. The summed E-state index contributed by atoms with van der Waals surface area (Å²) in [5, 5.41) is 14.1. The van der Waals surface area contributed by atoms with Gasteiger partial charge in [0.1, 0.15) is 5.82 Å². The van der Waals surface area contributed by atoms with E-state index >= 15 is 0 Å². The Bertz CT molecular complexity index is 424. The molecular weight excluding hydrogens is 277 g/mol. The second-order valence-electron chi connectivity index (χ2n) is 5.88. The first-order chi connectivity index (χ1) is 9.54. The number of hydrogen-bond acceptors (Lipinski definition) is 2. The van der Waals surface area contributed by atoms with Crippen LogP contribution in [0.4, 0.5) is 4.39 Å². The maximum atomic E-state index is 13.6. The molecule has 0 unspecified atom stereocenters. The quantitative estimate of drug-likeness (QED) is 0.864. The number of nitrogens with one attached hydrogen (secondary N) is 1. The highest BCUT2D eigenvalue weighted by Gasteiger charge is 2.32. The molecule has 1 saturated carbocycles. The van der Waals surface area contributed by atoms with Gasteiger partial charge in [0.15, 0.2) is 0 Å². The highest BCUT2D eigenvalue weighted by atomic mass is 35.5. The third-order valence-electron chi connectivity index (χ3n) is 4.43. The molecule has 0 aliphatic heterocycles. The molecule has 2 rings (SSSR count). The molecule has 1 aromatic rings. The summed E-state index contributed by atoms with van der Waals surface area (Å²) in [7, 11) is 0. The van der Waals surface area contributed by atoms with Crippen LogP contribution in [0.2, 0.25) is 5.02 Å². The van der Waals surface area contributed by atoms with Crippen LogP contribution in [0.15, 0.2) is 18.2 Å². The summed E-state index contributed by atoms with van der Waals surface area (Å²) < 4.78 is 13.6. The minimum Gasteiger partial charge on any atom is -0.389 e. The first-order valence-corrected chi connectivity index (χ1v) is 7.78. The lowest BCUT2D eigenvalue weighted by Gasteiger charge is -2.36. The Morgan fingerprint density at radius 1 is 1.40 bits per heavy atom. The van der Waals surface area contributed by atoms with Crippen LogP contribution in [0, 0.1) is 11.7 Å². The van der Waals surface area contributed by atoms with E-state index in [0.29, 0.717) is 23.7 Å². The van der Waals surface area contributed by atoms with Crippen LogP contribution in [0.25, 0.3) is 0 Å². The molecule has 0 bridgehead atoms. The molecular formula is C16H23ClFNO. The molecule has 2 nitrogen and oxygen atoms in total. The predicted molar refractivity (Wildman–Crippen MR) is 80.3 cm³/mol. The Labute approximate surface area is 125 Å². The van der Waals surface area contributed by atoms with E-state index in [2.05, 4.69) is 12.2 Å². The van der Waals surface area contributed by atoms with Crippen molar-refractivity contribution in [3.05, 3.63) is 34.6 Å². The number of rotatable bonds is 5. The predicted octanol–water partition coefficient (Wildman–Crippen LogP) is 3.90. The molecule has 2 N–H and O–H groups in total. The maximum Gasteiger partial charge on any atom is 0.129 e. The SMILES string of the molecule is CCC1CCC(O)(CNCc2c(F)cccc2Cl)CC1. The number of hydrogen-bond donors (Lipinski definition) is 2. The van der Waals surface area contributed by atoms with Gasteiger partial charge in [-0.3, -0.25) is 0 Å². The average molecular weight is 300 g/mol. The molecule has 4 heteroatoms. The normalized spacial score (nSPS) is 26.7. The zero-order chi connectivity index (χ0) is 14.6. The van der Waals surface area contributed by atoms with E-state index in [-0.39, 0.29) is 5.82 Å². The Balaban J connectivity index is 1.84. The summed E-state index contributed by atoms with van der Waals surface area (Å²) in [4.78, 5) is 0. The first-order valence-electron chi connectivity index (χ1n) is 7.40. The van der Waals surface area contributed by atoms with Crippen molar-refractivity contribution in [2.45, 2.75) is 51.2 Å². The van der Waals surface area contributed by atoms with Gasteiger partial charge >= 0.3 is 0 Å². The standard InChI is InChI=1S/C16H23ClFNO/c1-2-12-6-8-16(20,9-7-12)11-19-10-13-14(17)4-3-5-15(13)18/h3-5,12,19-20H,2,6-11H2,1H3. The Hall–Kier alpha value is -0.640. The highest BCUT2D eigenvalue weighted by Crippen LogP contribution is 2.33. The summed E-state index contributed by atoms with van der Waals surface area (Å²) in [6.07, 6.45) is 4.99. The van der Waals surface area contributed by atoms with Crippen LogP contribution in [-0.2, 0) is 6.54 Å². The topological polar surface area (TPSA) is 32.3 Å². The van der Waals surface area contributed by atoms with Crippen LogP contribution in [0.3, 0.4) is 0 Å². The molecule has 1 fully saturated rings. The molecule has 0 heterocycles. The molecule has 20 heavy (non-hydrogen) atoms. The highest BCUT2D eigenvalue weighted by molar-refractivity contribution is 6.31. The molecule has 0 spiro atoms. The van der Waals surface area contributed by atoms with E-state index in [9.17, 15) is 9.50 Å². The first kappa shape index (κ1) is 15.7. The van der Waals surface area contributed by atoms with Crippen molar-refractivity contribution in [2.75, 3.05) is 6.54 Å². The minimum absolute atomic E-state index is 0.299. The van der Waals surface area contributed by atoms with E-state index in [1.807, 2.05) is 0 Å². The summed E-state index contributed by atoms with van der Waals surface area (Å²) in [5.41, 5.74) is -0.177. The molecule has 0 atom stereocenters. The number of aliphatic hydroxyl groups is 1. The van der Waals surface area contributed by atoms with Crippen molar-refractivity contribution in [1.82, 2.24) is 5.32 Å². The van der Waals surface area contributed by atoms with Gasteiger partial charge in [-0.25, -0.2) is 4.39 Å². The summed E-state index contributed by atoms with van der Waals surface area (Å²) in [6.45, 7) is 3.05. The molecule has 112 valence electrons. The summed E-state index contributed by atoms with van der Waals surface area (Å²) in [5.74, 6) is 0.447. The van der Waals surface area contributed by atoms with E-state index in [4.69, 9.17) is 11.6 Å². The van der Waals surface area contributed by atoms with Gasteiger partial charge in [-0.2, -0.15) is 0 Å². The van der Waals surface area contributed by atoms with Gasteiger partial charge in [-0.15, -0.1) is 0 Å². The third-order valence-corrected chi connectivity index (χ3v) is 4.78. The molecule has 1 aliphatic rings. The van der Waals surface area contributed by atoms with Crippen LogP contribution in [0.5, 0.6) is 0 Å². The maximum absolute atomic E-state index is 13.6. The number of benzene rings is 1. The molecule has 0 aromatic heterocycles. The van der Waals surface area contributed by atoms with Gasteiger partial charge in [0.25, 0.3) is 0 Å². The van der Waals surface area contributed by atoms with Crippen LogP contribution in [-0.4, -0.2) is 17.3 Å². The number of halogens is 2. The summed E-state index contributed by atoms with van der Waals surface area (Å²) in [6, 6.07) is 4.69. The zero-order valence-corrected chi connectivity index (χ0v) is 12.7. The monoisotopic (exact) mass is 299 g/mol. The van der Waals surface area contributed by atoms with E-state index in [1.165, 1.54) is 12.5 Å². The van der Waals surface area contributed by atoms with Crippen molar-refractivity contribution in [3.8, 4) is 0 Å². The van der Waals surface area contributed by atoms with Gasteiger partial charge in [0.2, 0.25) is 0 Å². The van der Waals surface area contributed by atoms with Gasteiger partial charge < -0.3 is 10.4 Å². The lowest BCUT2D eigenvalue weighted by Crippen LogP contribution is -2.43. The van der Waals surface area contributed by atoms with Gasteiger partial charge in [0, 0.05) is 23.7 Å². The van der Waals surface area contributed by atoms with Crippen molar-refractivity contribution < 1.29 is 9.50 Å². The van der Waals surface area contributed by atoms with Gasteiger partial charge in [-0.05, 0) is 43.7 Å². The van der Waals surface area contributed by atoms with Crippen molar-refractivity contribution in [3.63, 3.8) is 0 Å². The smallest absolute Gasteiger partial charge is 0.129 e. The Morgan fingerprint density at radius 2 is 2.10 bits per heavy atom. The zero-order valence-electron chi connectivity index (χ0n) is 12.0. The lowest BCUT2D eigenvalue weighted by molar-refractivity contribution is -0.00885. The van der Waals surface area contributed by atoms with Gasteiger partial charge in [-0.1, -0.05) is 31.0 Å². The van der Waals surface area contributed by atoms with Crippen molar-refractivity contribution >= 4 is 11.6 Å². The fourth-order valence-electron chi connectivity index (χ4n) is 2.92. The fraction of sp³-hybridized carbons (Fsp3) is 0.625. The van der Waals surface area contributed by atoms with Gasteiger partial charge in [0.05, 0.1) is 5.60 Å². The largest absolute Gasteiger partial charge is 0.389 e. The van der Waals surface area contributed by atoms with E-state index < -0.39 is 5.60 Å². The molecule has 0 radical (unpaired) electrons.